The predicted octanol–water partition coefficient (Wildman–Crippen LogP) is 13.4. The third kappa shape index (κ3) is 11.0. The zero-order chi connectivity index (χ0) is 48.9. The summed E-state index contributed by atoms with van der Waals surface area (Å²) in [6.45, 7) is 16.4. The summed E-state index contributed by atoms with van der Waals surface area (Å²) in [5.74, 6) is 0.828. The molecule has 4 aromatic carbocycles. The highest BCUT2D eigenvalue weighted by Gasteiger charge is 2.29. The number of fused-ring (bicyclic) bond motifs is 2. The van der Waals surface area contributed by atoms with Gasteiger partial charge in [0.15, 0.2) is 11.6 Å². The van der Waals surface area contributed by atoms with Crippen molar-refractivity contribution in [3.05, 3.63) is 119 Å². The summed E-state index contributed by atoms with van der Waals surface area (Å²) in [5.41, 5.74) is 13.2. The van der Waals surface area contributed by atoms with Gasteiger partial charge in [0.05, 0.1) is 47.2 Å². The number of aromatic nitrogens is 4. The molecule has 6 aromatic rings. The Labute approximate surface area is 407 Å². The number of Topliss-reactive ketones (excluding diaryl/α,β-unsaturated/α-hetero) is 2. The fraction of sp³-hybridized carbons (Fsp3) is 0.439. The van der Waals surface area contributed by atoms with Crippen LogP contribution in [0.4, 0.5) is 42.9 Å². The molecule has 0 radical (unpaired) electrons. The topological polar surface area (TPSA) is 100 Å². The van der Waals surface area contributed by atoms with E-state index >= 15 is 8.78 Å². The van der Waals surface area contributed by atoms with E-state index in [-0.39, 0.29) is 23.0 Å². The summed E-state index contributed by atoms with van der Waals surface area (Å²) in [6.07, 6.45) is 11.5. The van der Waals surface area contributed by atoms with Crippen LogP contribution in [0.1, 0.15) is 114 Å². The number of anilines is 6. The number of halogens is 2. The van der Waals surface area contributed by atoms with Gasteiger partial charge in [-0.25, -0.2) is 8.78 Å². The minimum Gasteiger partial charge on any atom is -0.374 e. The van der Waals surface area contributed by atoms with Gasteiger partial charge in [0.1, 0.15) is 0 Å². The fourth-order valence-corrected chi connectivity index (χ4v) is 10.0. The number of nitrogens with one attached hydrogen (secondary N) is 2. The van der Waals surface area contributed by atoms with E-state index in [1.54, 1.807) is 16.9 Å². The monoisotopic (exact) mass is 937 g/mol. The summed E-state index contributed by atoms with van der Waals surface area (Å²) in [4.78, 5) is 32.0. The van der Waals surface area contributed by atoms with E-state index < -0.39 is 18.5 Å². The van der Waals surface area contributed by atoms with Gasteiger partial charge in [0, 0.05) is 80.0 Å². The van der Waals surface area contributed by atoms with Crippen molar-refractivity contribution < 1.29 is 18.4 Å². The number of nitrogens with zero attached hydrogens (tertiary/aromatic N) is 6. The van der Waals surface area contributed by atoms with Gasteiger partial charge in [0.25, 0.3) is 6.43 Å². The highest BCUT2D eigenvalue weighted by atomic mass is 19.3. The van der Waals surface area contributed by atoms with Crippen LogP contribution in [0.5, 0.6) is 0 Å². The Balaban J connectivity index is 1.05. The average molecular weight is 937 g/mol. The van der Waals surface area contributed by atoms with Crippen LogP contribution in [0.15, 0.2) is 91.5 Å². The summed E-state index contributed by atoms with van der Waals surface area (Å²) >= 11 is 0. The molecular weight excluding hydrogens is 867 g/mol. The third-order valence-electron chi connectivity index (χ3n) is 14.6. The molecule has 0 saturated heterocycles. The molecule has 0 unspecified atom stereocenters. The van der Waals surface area contributed by atoms with Gasteiger partial charge in [-0.3, -0.25) is 19.0 Å². The van der Waals surface area contributed by atoms with Crippen molar-refractivity contribution in [2.75, 3.05) is 33.5 Å². The molecule has 8 rings (SSSR count). The van der Waals surface area contributed by atoms with Crippen molar-refractivity contribution in [3.63, 3.8) is 0 Å². The summed E-state index contributed by atoms with van der Waals surface area (Å²) < 4.78 is 34.1. The Morgan fingerprint density at radius 1 is 0.681 bits per heavy atom. The van der Waals surface area contributed by atoms with Crippen LogP contribution in [0, 0.1) is 25.7 Å². The second-order valence-corrected chi connectivity index (χ2v) is 19.8. The van der Waals surface area contributed by atoms with E-state index in [2.05, 4.69) is 96.5 Å². The lowest BCUT2D eigenvalue weighted by Gasteiger charge is -2.35. The van der Waals surface area contributed by atoms with E-state index in [0.717, 1.165) is 101 Å². The molecule has 69 heavy (non-hydrogen) atoms. The molecule has 0 spiro atoms. The van der Waals surface area contributed by atoms with E-state index in [9.17, 15) is 9.59 Å². The largest absolute Gasteiger partial charge is 0.374 e. The normalized spacial score (nSPS) is 15.3. The van der Waals surface area contributed by atoms with Crippen molar-refractivity contribution in [3.8, 4) is 22.3 Å². The Bertz CT molecular complexity index is 2780. The van der Waals surface area contributed by atoms with Crippen LogP contribution in [0.3, 0.4) is 0 Å². The summed E-state index contributed by atoms with van der Waals surface area (Å²) in [5, 5.41) is 16.4. The standard InChI is InChI=1S/C57H70F2N8O2/c1-9-36(3)27-53(68)40(7)62-55-38(5)15-11-19-50(55)67-25-14-18-43-30-46(47(57(58)59)31-52(43)67)45-33-61-65(35-45)26-23-48(54(69)28-37(4)10-2)63-56-39(6)16-12-20-51(56)66-24-13-17-42-29-41(21-22-49(42)66)44-32-60-64(8)34-44/h11-12,15-16,19-22,29-37,40,48,57,62-63H,9-10,13-14,17-18,23-28H2,1-8H3/t36-,37-,40+,48+/m0/s1. The number of carbonyl (C=O) groups is 2. The van der Waals surface area contributed by atoms with Crippen LogP contribution in [0.2, 0.25) is 0 Å². The smallest absolute Gasteiger partial charge is 0.264 e. The number of rotatable bonds is 20. The molecule has 2 aliphatic heterocycles. The lowest BCUT2D eigenvalue weighted by Crippen LogP contribution is -2.33. The summed E-state index contributed by atoms with van der Waals surface area (Å²) in [6, 6.07) is 21.7. The van der Waals surface area contributed by atoms with Gasteiger partial charge in [-0.2, -0.15) is 10.2 Å². The quantitative estimate of drug-likeness (QED) is 0.0781. The molecule has 0 bridgehead atoms. The fourth-order valence-electron chi connectivity index (χ4n) is 10.0. The van der Waals surface area contributed by atoms with Gasteiger partial charge < -0.3 is 20.4 Å². The van der Waals surface area contributed by atoms with E-state index in [0.29, 0.717) is 49.4 Å². The molecule has 0 aliphatic carbocycles. The molecule has 0 saturated carbocycles. The molecule has 4 heterocycles. The molecular formula is C57H70F2N8O2. The van der Waals surface area contributed by atoms with Crippen LogP contribution < -0.4 is 20.4 Å². The molecule has 0 amide bonds. The average Bonchev–Trinajstić information content (AvgIpc) is 4.01. The van der Waals surface area contributed by atoms with Crippen molar-refractivity contribution in [1.29, 1.82) is 0 Å². The first-order valence-electron chi connectivity index (χ1n) is 25.1. The number of benzene rings is 4. The maximum atomic E-state index is 15.3. The molecule has 10 nitrogen and oxygen atoms in total. The van der Waals surface area contributed by atoms with Gasteiger partial charge in [-0.1, -0.05) is 70.9 Å². The zero-order valence-corrected chi connectivity index (χ0v) is 41.8. The van der Waals surface area contributed by atoms with Crippen LogP contribution in [-0.4, -0.2) is 56.3 Å². The minimum atomic E-state index is -2.73. The third-order valence-corrected chi connectivity index (χ3v) is 14.6. The van der Waals surface area contributed by atoms with Crippen molar-refractivity contribution in [2.45, 2.75) is 131 Å². The lowest BCUT2D eigenvalue weighted by atomic mass is 9.92. The first-order chi connectivity index (χ1) is 33.2. The number of aryl methyl sites for hydroxylation is 6. The summed E-state index contributed by atoms with van der Waals surface area (Å²) in [7, 11) is 1.93. The van der Waals surface area contributed by atoms with Crippen LogP contribution >= 0.6 is 0 Å². The molecule has 2 aliphatic rings. The molecule has 0 fully saturated rings. The molecule has 364 valence electrons. The van der Waals surface area contributed by atoms with Crippen molar-refractivity contribution in [1.82, 2.24) is 19.6 Å². The Morgan fingerprint density at radius 3 is 1.91 bits per heavy atom. The zero-order valence-electron chi connectivity index (χ0n) is 41.8. The number of ketones is 2. The lowest BCUT2D eigenvalue weighted by molar-refractivity contribution is -0.121. The second-order valence-electron chi connectivity index (χ2n) is 19.8. The first kappa shape index (κ1) is 49.1. The van der Waals surface area contributed by atoms with Crippen molar-refractivity contribution >= 4 is 45.7 Å². The Morgan fingerprint density at radius 2 is 1.29 bits per heavy atom. The number of para-hydroxylation sites is 2. The maximum Gasteiger partial charge on any atom is 0.264 e. The highest BCUT2D eigenvalue weighted by Crippen LogP contribution is 2.45. The molecule has 2 aromatic heterocycles. The maximum absolute atomic E-state index is 15.3. The van der Waals surface area contributed by atoms with Gasteiger partial charge >= 0.3 is 0 Å². The molecule has 2 N–H and O–H groups in total. The van der Waals surface area contributed by atoms with Gasteiger partial charge in [0.2, 0.25) is 0 Å². The first-order valence-corrected chi connectivity index (χ1v) is 25.1. The van der Waals surface area contributed by atoms with Crippen molar-refractivity contribution in [2.24, 2.45) is 18.9 Å². The second kappa shape index (κ2) is 21.6. The SMILES string of the molecule is CC[C@H](C)CC(=O)[C@@H](C)Nc1c(C)cccc1N1CCCc2cc(-c3cnn(CC[C@@H](Nc4c(C)cccc4N4CCCc5cc(-c6cnn(C)c6)ccc54)C(=O)C[C@@H](C)CC)c3)c(C(F)F)cc21. The highest BCUT2D eigenvalue weighted by molar-refractivity contribution is 5.91. The van der Waals surface area contributed by atoms with Gasteiger partial charge in [-0.05, 0) is 134 Å². The van der Waals surface area contributed by atoms with E-state index in [1.807, 2.05) is 68.4 Å². The van der Waals surface area contributed by atoms with E-state index in [4.69, 9.17) is 5.10 Å². The van der Waals surface area contributed by atoms with Crippen LogP contribution in [0.25, 0.3) is 22.3 Å². The predicted molar refractivity (Wildman–Crippen MR) is 278 cm³/mol. The number of carbonyl (C=O) groups excluding carboxylic acids is 2. The Hall–Kier alpha value is -6.30. The van der Waals surface area contributed by atoms with E-state index in [1.165, 1.54) is 11.3 Å². The molecule has 12 heteroatoms. The number of hydrogen-bond donors (Lipinski definition) is 2. The Kier molecular flexibility index (Phi) is 15.3. The minimum absolute atomic E-state index is 0.0533. The number of hydrogen-bond acceptors (Lipinski definition) is 8. The molecule has 4 atom stereocenters. The number of alkyl halides is 2. The van der Waals surface area contributed by atoms with Gasteiger partial charge in [-0.15, -0.1) is 0 Å². The van der Waals surface area contributed by atoms with Crippen LogP contribution in [-0.2, 0) is 36.0 Å².